The van der Waals surface area contributed by atoms with Crippen LogP contribution in [0.3, 0.4) is 0 Å². The third-order valence-corrected chi connectivity index (χ3v) is 5.92. The maximum absolute atomic E-state index is 11.6. The summed E-state index contributed by atoms with van der Waals surface area (Å²) in [6.07, 6.45) is -1.15. The van der Waals surface area contributed by atoms with E-state index in [1.807, 2.05) is 30.3 Å². The smallest absolute Gasteiger partial charge is 0.264 e. The molecule has 0 aliphatic heterocycles. The van der Waals surface area contributed by atoms with Crippen LogP contribution in [0.25, 0.3) is 0 Å². The third kappa shape index (κ3) is 9.50. The van der Waals surface area contributed by atoms with Gasteiger partial charge in [0.2, 0.25) is 0 Å². The molecule has 11 nitrogen and oxygen atoms in total. The number of rotatable bonds is 17. The molecule has 0 heterocycles. The number of ether oxygens (including phenoxy) is 6. The Kier molecular flexibility index (Phi) is 11.7. The molecule has 1 N–H and O–H groups in total. The summed E-state index contributed by atoms with van der Waals surface area (Å²) in [6.45, 7) is -0.541. The van der Waals surface area contributed by atoms with Crippen LogP contribution >= 0.6 is 0 Å². The van der Waals surface area contributed by atoms with Crippen molar-refractivity contribution in [1.29, 1.82) is 0 Å². The lowest BCUT2D eigenvalue weighted by atomic mass is 10.0. The van der Waals surface area contributed by atoms with Crippen molar-refractivity contribution >= 4 is 16.4 Å². The van der Waals surface area contributed by atoms with Crippen molar-refractivity contribution in [3.63, 3.8) is 0 Å². The van der Waals surface area contributed by atoms with Crippen molar-refractivity contribution < 1.29 is 50.9 Å². The van der Waals surface area contributed by atoms with Crippen molar-refractivity contribution in [3.05, 3.63) is 83.4 Å². The van der Waals surface area contributed by atoms with Gasteiger partial charge >= 0.3 is 0 Å². The molecule has 0 unspecified atom stereocenters. The quantitative estimate of drug-likeness (QED) is 0.144. The van der Waals surface area contributed by atoms with Gasteiger partial charge in [0.05, 0.1) is 12.9 Å². The number of methoxy groups -OCH3 is 2. The molecular weight excluding hydrogens is 544 g/mol. The van der Waals surface area contributed by atoms with Gasteiger partial charge in [0.25, 0.3) is 10.1 Å². The second-order valence-corrected chi connectivity index (χ2v) is 10.1. The van der Waals surface area contributed by atoms with Crippen molar-refractivity contribution in [2.75, 3.05) is 40.7 Å². The molecule has 40 heavy (non-hydrogen) atoms. The zero-order valence-electron chi connectivity index (χ0n) is 22.3. The molecule has 0 bridgehead atoms. The number of hydrogen-bond acceptors (Lipinski definition) is 11. The molecule has 0 saturated heterocycles. The summed E-state index contributed by atoms with van der Waals surface area (Å²) in [4.78, 5) is 11.5. The number of benzene rings is 3. The molecule has 0 aromatic heterocycles. The normalized spacial score (nSPS) is 12.8. The van der Waals surface area contributed by atoms with E-state index in [0.717, 1.165) is 11.8 Å². The Bertz CT molecular complexity index is 1330. The van der Waals surface area contributed by atoms with E-state index in [4.69, 9.17) is 32.6 Å². The number of aliphatic hydroxyl groups is 1. The predicted octanol–water partition coefficient (Wildman–Crippen LogP) is 3.50. The lowest BCUT2D eigenvalue weighted by Crippen LogP contribution is -2.29. The summed E-state index contributed by atoms with van der Waals surface area (Å²) in [5.41, 5.74) is 1.58. The van der Waals surface area contributed by atoms with E-state index in [2.05, 4.69) is 0 Å². The molecule has 216 valence electrons. The number of aliphatic hydroxyl groups excluding tert-OH is 1. The minimum Gasteiger partial charge on any atom is -0.485 e. The van der Waals surface area contributed by atoms with Gasteiger partial charge in [0.1, 0.15) is 19.0 Å². The van der Waals surface area contributed by atoms with Gasteiger partial charge in [-0.15, -0.1) is 0 Å². The van der Waals surface area contributed by atoms with Crippen LogP contribution in [0, 0.1) is 0 Å². The largest absolute Gasteiger partial charge is 0.485 e. The van der Waals surface area contributed by atoms with Crippen LogP contribution in [0.15, 0.2) is 66.7 Å². The van der Waals surface area contributed by atoms with Crippen LogP contribution < -0.4 is 18.9 Å². The standard InChI is InChI=1S/C28H32O11S/c1-33-18-36-24-12-10-22(14-26(24)37-19-34-2)28(23(30)17-38-40(3,31)32)39-27-13-21(15-29)9-11-25(27)35-16-20-7-5-4-6-8-20/h4-15,23,28,30H,16-19H2,1-3H3/t23-,28+/m1/s1. The van der Waals surface area contributed by atoms with E-state index in [1.54, 1.807) is 30.3 Å². The van der Waals surface area contributed by atoms with Crippen LogP contribution in [0.5, 0.6) is 23.0 Å². The van der Waals surface area contributed by atoms with Gasteiger partial charge in [-0.05, 0) is 41.5 Å². The predicted molar refractivity (Wildman–Crippen MR) is 144 cm³/mol. The summed E-state index contributed by atoms with van der Waals surface area (Å²) in [7, 11) is -0.942. The Morgan fingerprint density at radius 2 is 1.48 bits per heavy atom. The minimum atomic E-state index is -3.86. The first-order chi connectivity index (χ1) is 19.2. The highest BCUT2D eigenvalue weighted by atomic mass is 32.2. The molecule has 3 aromatic rings. The maximum atomic E-state index is 11.6. The summed E-state index contributed by atoms with van der Waals surface area (Å²) in [6, 6.07) is 18.8. The van der Waals surface area contributed by atoms with Crippen molar-refractivity contribution in [2.45, 2.75) is 18.8 Å². The molecule has 0 aliphatic rings. The fourth-order valence-electron chi connectivity index (χ4n) is 3.51. The highest BCUT2D eigenvalue weighted by Gasteiger charge is 2.28. The van der Waals surface area contributed by atoms with Crippen molar-refractivity contribution in [3.8, 4) is 23.0 Å². The average Bonchev–Trinajstić information content (AvgIpc) is 2.96. The highest BCUT2D eigenvalue weighted by molar-refractivity contribution is 7.85. The number of carbonyl (C=O) groups is 1. The van der Waals surface area contributed by atoms with Gasteiger partial charge < -0.3 is 33.5 Å². The van der Waals surface area contributed by atoms with Gasteiger partial charge in [-0.1, -0.05) is 36.4 Å². The lowest BCUT2D eigenvalue weighted by molar-refractivity contribution is 0.00441. The van der Waals surface area contributed by atoms with E-state index >= 15 is 0 Å². The summed E-state index contributed by atoms with van der Waals surface area (Å²) >= 11 is 0. The van der Waals surface area contributed by atoms with Gasteiger partial charge in [-0.2, -0.15) is 8.42 Å². The monoisotopic (exact) mass is 576 g/mol. The Morgan fingerprint density at radius 3 is 2.12 bits per heavy atom. The molecule has 2 atom stereocenters. The Morgan fingerprint density at radius 1 is 0.825 bits per heavy atom. The van der Waals surface area contributed by atoms with E-state index in [-0.39, 0.29) is 31.7 Å². The molecule has 0 spiro atoms. The zero-order valence-corrected chi connectivity index (χ0v) is 23.2. The summed E-state index contributed by atoms with van der Waals surface area (Å²) < 4.78 is 61.4. The molecule has 0 saturated carbocycles. The van der Waals surface area contributed by atoms with E-state index in [1.165, 1.54) is 20.3 Å². The fourth-order valence-corrected chi connectivity index (χ4v) is 3.90. The van der Waals surface area contributed by atoms with Crippen molar-refractivity contribution in [1.82, 2.24) is 0 Å². The molecule has 0 aliphatic carbocycles. The van der Waals surface area contributed by atoms with Crippen LogP contribution in [0.2, 0.25) is 0 Å². The Hall–Kier alpha value is -3.68. The summed E-state index contributed by atoms with van der Waals surface area (Å²) in [5, 5.41) is 11.0. The second kappa shape index (κ2) is 15.2. The second-order valence-electron chi connectivity index (χ2n) is 8.50. The maximum Gasteiger partial charge on any atom is 0.264 e. The van der Waals surface area contributed by atoms with Crippen LogP contribution in [0.1, 0.15) is 27.6 Å². The molecule has 3 rings (SSSR count). The highest BCUT2D eigenvalue weighted by Crippen LogP contribution is 2.37. The zero-order chi connectivity index (χ0) is 29.0. The molecule has 3 aromatic carbocycles. The lowest BCUT2D eigenvalue weighted by Gasteiger charge is -2.26. The minimum absolute atomic E-state index is 0.0476. The van der Waals surface area contributed by atoms with Crippen molar-refractivity contribution in [2.24, 2.45) is 0 Å². The van der Waals surface area contributed by atoms with Gasteiger partial charge in [-0.25, -0.2) is 0 Å². The Labute approximate surface area is 233 Å². The van der Waals surface area contributed by atoms with E-state index < -0.39 is 28.9 Å². The Balaban J connectivity index is 1.99. The number of carbonyl (C=O) groups excluding carboxylic acids is 1. The van der Waals surface area contributed by atoms with E-state index in [9.17, 15) is 18.3 Å². The average molecular weight is 577 g/mol. The third-order valence-electron chi connectivity index (χ3n) is 5.36. The molecule has 0 amide bonds. The van der Waals surface area contributed by atoms with Crippen LogP contribution in [-0.2, 0) is 30.4 Å². The van der Waals surface area contributed by atoms with E-state index in [0.29, 0.717) is 28.9 Å². The molecular formula is C28H32O11S. The molecule has 0 radical (unpaired) electrons. The SMILES string of the molecule is COCOc1ccc([C@H](Oc2cc(C=O)ccc2OCc2ccccc2)[C@H](O)COS(C)(=O)=O)cc1OCOC. The topological polar surface area (TPSA) is 136 Å². The van der Waals surface area contributed by atoms with Gasteiger partial charge in [0, 0.05) is 19.8 Å². The summed E-state index contributed by atoms with van der Waals surface area (Å²) in [5.74, 6) is 1.02. The first kappa shape index (κ1) is 30.9. The van der Waals surface area contributed by atoms with Crippen LogP contribution in [0.4, 0.5) is 0 Å². The van der Waals surface area contributed by atoms with Gasteiger partial charge in [-0.3, -0.25) is 8.98 Å². The number of aldehydes is 1. The first-order valence-corrected chi connectivity index (χ1v) is 13.9. The fraction of sp³-hybridized carbons (Fsp3) is 0.321. The van der Waals surface area contributed by atoms with Gasteiger partial charge in [0.15, 0.2) is 42.7 Å². The number of hydrogen-bond donors (Lipinski definition) is 1. The molecule has 0 fully saturated rings. The molecule has 12 heteroatoms. The van der Waals surface area contributed by atoms with Crippen LogP contribution in [-0.4, -0.2) is 66.6 Å². The first-order valence-electron chi connectivity index (χ1n) is 12.1.